The lowest BCUT2D eigenvalue weighted by atomic mass is 9.81. The van der Waals surface area contributed by atoms with Crippen molar-refractivity contribution in [2.45, 2.75) is 47.0 Å². The van der Waals surface area contributed by atoms with Crippen molar-refractivity contribution in [3.05, 3.63) is 29.6 Å². The smallest absolute Gasteiger partial charge is 0.257 e. The number of hydrogen-bond donors (Lipinski definition) is 2. The summed E-state index contributed by atoms with van der Waals surface area (Å²) in [4.78, 5) is 17.1. The van der Waals surface area contributed by atoms with Crippen LogP contribution in [0, 0.1) is 12.3 Å². The number of carbonyl (C=O) groups is 1. The zero-order chi connectivity index (χ0) is 17.7. The van der Waals surface area contributed by atoms with Gasteiger partial charge in [-0.05, 0) is 37.5 Å². The fourth-order valence-corrected chi connectivity index (χ4v) is 2.61. The average Bonchev–Trinajstić information content (AvgIpc) is 3.08. The molecule has 0 atom stereocenters. The Morgan fingerprint density at radius 1 is 1.28 bits per heavy atom. The molecule has 2 rings (SSSR count). The molecule has 1 aromatic carbocycles. The van der Waals surface area contributed by atoms with Gasteiger partial charge in [0, 0.05) is 24.2 Å². The summed E-state index contributed by atoms with van der Waals surface area (Å²) in [5.74, 6) is 1.07. The van der Waals surface area contributed by atoms with Crippen LogP contribution < -0.4 is 11.1 Å². The highest BCUT2D eigenvalue weighted by atomic mass is 35.5. The largest absolute Gasteiger partial charge is 0.334 e. The van der Waals surface area contributed by atoms with Gasteiger partial charge in [-0.15, -0.1) is 12.4 Å². The fourth-order valence-electron chi connectivity index (χ4n) is 2.61. The summed E-state index contributed by atoms with van der Waals surface area (Å²) in [6, 6.07) is 5.71. The molecule has 0 spiro atoms. The van der Waals surface area contributed by atoms with Gasteiger partial charge in [-0.3, -0.25) is 4.79 Å². The molecule has 25 heavy (non-hydrogen) atoms. The Bertz CT molecular complexity index is 703. The van der Waals surface area contributed by atoms with Crippen LogP contribution in [0.1, 0.15) is 45.0 Å². The number of aromatic nitrogens is 2. The minimum atomic E-state index is -0.539. The second kappa shape index (κ2) is 8.97. The van der Waals surface area contributed by atoms with Gasteiger partial charge in [0.05, 0.1) is 5.41 Å². The first-order chi connectivity index (χ1) is 11.5. The molecular weight excluding hydrogens is 340 g/mol. The molecule has 3 N–H and O–H groups in total. The van der Waals surface area contributed by atoms with Crippen LogP contribution in [0.25, 0.3) is 11.5 Å². The zero-order valence-electron chi connectivity index (χ0n) is 15.3. The summed E-state index contributed by atoms with van der Waals surface area (Å²) in [5, 5.41) is 6.94. The van der Waals surface area contributed by atoms with Crippen LogP contribution in [0.3, 0.4) is 0 Å². The Kier molecular flexibility index (Phi) is 7.58. The van der Waals surface area contributed by atoms with Gasteiger partial charge in [-0.2, -0.15) is 4.98 Å². The monoisotopic (exact) mass is 366 g/mol. The lowest BCUT2D eigenvalue weighted by Gasteiger charge is -2.28. The number of halogens is 1. The van der Waals surface area contributed by atoms with E-state index in [0.717, 1.165) is 16.8 Å². The molecule has 0 fully saturated rings. The summed E-state index contributed by atoms with van der Waals surface area (Å²) >= 11 is 0. The fraction of sp³-hybridized carbons (Fsp3) is 0.500. The third kappa shape index (κ3) is 4.38. The molecule has 6 nitrogen and oxygen atoms in total. The van der Waals surface area contributed by atoms with E-state index in [-0.39, 0.29) is 18.3 Å². The number of hydrogen-bond acceptors (Lipinski definition) is 5. The molecule has 0 aliphatic carbocycles. The van der Waals surface area contributed by atoms with Gasteiger partial charge in [0.25, 0.3) is 5.89 Å². The van der Waals surface area contributed by atoms with Crippen molar-refractivity contribution < 1.29 is 9.32 Å². The molecule has 7 heteroatoms. The third-order valence-corrected chi connectivity index (χ3v) is 4.74. The molecular formula is C18H27ClN4O2. The van der Waals surface area contributed by atoms with E-state index in [0.29, 0.717) is 37.5 Å². The predicted molar refractivity (Wildman–Crippen MR) is 102 cm³/mol. The standard InChI is InChI=1S/C18H26N4O2.ClH/c1-5-15-21-16(24-22-15)13-9-8-12(4)14(10-13)20-17(23)18(6-2,7-3)11-19;/h8-10H,5-7,11,19H2,1-4H3,(H,20,23);1H. The highest BCUT2D eigenvalue weighted by Crippen LogP contribution is 2.29. The molecule has 0 saturated carbocycles. The van der Waals surface area contributed by atoms with Crippen LogP contribution in [0.4, 0.5) is 5.69 Å². The highest BCUT2D eigenvalue weighted by molar-refractivity contribution is 5.96. The van der Waals surface area contributed by atoms with Gasteiger partial charge in [0.2, 0.25) is 5.91 Å². The van der Waals surface area contributed by atoms with Crippen molar-refractivity contribution in [2.24, 2.45) is 11.1 Å². The van der Waals surface area contributed by atoms with Gasteiger partial charge in [-0.25, -0.2) is 0 Å². The summed E-state index contributed by atoms with van der Waals surface area (Å²) in [6.07, 6.45) is 2.12. The number of benzene rings is 1. The predicted octanol–water partition coefficient (Wildman–Crippen LogP) is 3.73. The number of rotatable bonds is 7. The van der Waals surface area contributed by atoms with Gasteiger partial charge in [0.15, 0.2) is 5.82 Å². The first-order valence-corrected chi connectivity index (χ1v) is 8.44. The molecule has 0 radical (unpaired) electrons. The molecule has 0 aliphatic rings. The lowest BCUT2D eigenvalue weighted by molar-refractivity contribution is -0.125. The van der Waals surface area contributed by atoms with Gasteiger partial charge in [-0.1, -0.05) is 32.0 Å². The minimum Gasteiger partial charge on any atom is -0.334 e. The second-order valence-corrected chi connectivity index (χ2v) is 6.04. The SMILES string of the molecule is CCc1noc(-c2ccc(C)c(NC(=O)C(CC)(CC)CN)c2)n1.Cl. The Morgan fingerprint density at radius 2 is 1.96 bits per heavy atom. The first kappa shape index (κ1) is 21.1. The number of carbonyl (C=O) groups excluding carboxylic acids is 1. The second-order valence-electron chi connectivity index (χ2n) is 6.04. The summed E-state index contributed by atoms with van der Waals surface area (Å²) < 4.78 is 5.28. The van der Waals surface area contributed by atoms with Crippen molar-refractivity contribution in [3.8, 4) is 11.5 Å². The van der Waals surface area contributed by atoms with E-state index in [1.807, 2.05) is 45.9 Å². The first-order valence-electron chi connectivity index (χ1n) is 8.44. The van der Waals surface area contributed by atoms with E-state index in [1.54, 1.807) is 0 Å². The Balaban J connectivity index is 0.00000312. The van der Waals surface area contributed by atoms with Crippen LogP contribution in [0.15, 0.2) is 22.7 Å². The molecule has 0 unspecified atom stereocenters. The number of aryl methyl sites for hydroxylation is 2. The van der Waals surface area contributed by atoms with Crippen molar-refractivity contribution in [2.75, 3.05) is 11.9 Å². The average molecular weight is 367 g/mol. The van der Waals surface area contributed by atoms with Crippen molar-refractivity contribution >= 4 is 24.0 Å². The quantitative estimate of drug-likeness (QED) is 0.778. The summed E-state index contributed by atoms with van der Waals surface area (Å²) in [5.41, 5.74) is 7.83. The molecule has 1 aromatic heterocycles. The van der Waals surface area contributed by atoms with Crippen LogP contribution in [0.2, 0.25) is 0 Å². The van der Waals surface area contributed by atoms with Crippen LogP contribution in [-0.2, 0) is 11.2 Å². The van der Waals surface area contributed by atoms with Gasteiger partial charge >= 0.3 is 0 Å². The van der Waals surface area contributed by atoms with E-state index in [2.05, 4.69) is 15.5 Å². The maximum absolute atomic E-state index is 12.7. The Morgan fingerprint density at radius 3 is 2.48 bits per heavy atom. The van der Waals surface area contributed by atoms with E-state index in [9.17, 15) is 4.79 Å². The number of anilines is 1. The normalized spacial score (nSPS) is 11.1. The van der Waals surface area contributed by atoms with Crippen LogP contribution in [0.5, 0.6) is 0 Å². The summed E-state index contributed by atoms with van der Waals surface area (Å²) in [6.45, 7) is 8.23. The highest BCUT2D eigenvalue weighted by Gasteiger charge is 2.33. The molecule has 138 valence electrons. The molecule has 0 saturated heterocycles. The Hall–Kier alpha value is -1.92. The van der Waals surface area contributed by atoms with Crippen molar-refractivity contribution in [1.29, 1.82) is 0 Å². The van der Waals surface area contributed by atoms with Crippen LogP contribution >= 0.6 is 12.4 Å². The number of nitrogens with zero attached hydrogens (tertiary/aromatic N) is 2. The number of nitrogens with one attached hydrogen (secondary N) is 1. The molecule has 0 bridgehead atoms. The maximum Gasteiger partial charge on any atom is 0.257 e. The topological polar surface area (TPSA) is 94.0 Å². The lowest BCUT2D eigenvalue weighted by Crippen LogP contribution is -2.41. The van der Waals surface area contributed by atoms with E-state index < -0.39 is 5.41 Å². The van der Waals surface area contributed by atoms with Crippen molar-refractivity contribution in [3.63, 3.8) is 0 Å². The Labute approximate surface area is 155 Å². The molecule has 1 heterocycles. The molecule has 2 aromatic rings. The van der Waals surface area contributed by atoms with Gasteiger partial charge < -0.3 is 15.6 Å². The van der Waals surface area contributed by atoms with E-state index >= 15 is 0 Å². The van der Waals surface area contributed by atoms with E-state index in [1.165, 1.54) is 0 Å². The molecule has 0 aliphatic heterocycles. The maximum atomic E-state index is 12.7. The van der Waals surface area contributed by atoms with E-state index in [4.69, 9.17) is 10.3 Å². The summed E-state index contributed by atoms with van der Waals surface area (Å²) in [7, 11) is 0. The number of nitrogens with two attached hydrogens (primary N) is 1. The zero-order valence-corrected chi connectivity index (χ0v) is 16.1. The molecule has 1 amide bonds. The van der Waals surface area contributed by atoms with Gasteiger partial charge in [0.1, 0.15) is 0 Å². The third-order valence-electron chi connectivity index (χ3n) is 4.74. The minimum absolute atomic E-state index is 0. The van der Waals surface area contributed by atoms with Crippen LogP contribution in [-0.4, -0.2) is 22.6 Å². The van der Waals surface area contributed by atoms with Crippen molar-refractivity contribution in [1.82, 2.24) is 10.1 Å². The number of amides is 1.